The molecule has 23 heavy (non-hydrogen) atoms. The fourth-order valence-corrected chi connectivity index (χ4v) is 2.89. The van der Waals surface area contributed by atoms with Crippen molar-refractivity contribution in [3.63, 3.8) is 0 Å². The van der Waals surface area contributed by atoms with Gasteiger partial charge in [0.25, 0.3) is 0 Å². The highest BCUT2D eigenvalue weighted by molar-refractivity contribution is 6.08. The van der Waals surface area contributed by atoms with E-state index in [-0.39, 0.29) is 0 Å². The van der Waals surface area contributed by atoms with E-state index in [1.165, 1.54) is 5.69 Å². The van der Waals surface area contributed by atoms with Crippen molar-refractivity contribution in [1.29, 1.82) is 0 Å². The summed E-state index contributed by atoms with van der Waals surface area (Å²) in [7, 11) is 3.86. The fraction of sp³-hybridized carbons (Fsp3) is 0.150. The summed E-state index contributed by atoms with van der Waals surface area (Å²) < 4.78 is 0. The van der Waals surface area contributed by atoms with Crippen LogP contribution in [-0.2, 0) is 0 Å². The van der Waals surface area contributed by atoms with E-state index in [4.69, 9.17) is 0 Å². The molecule has 0 fully saturated rings. The van der Waals surface area contributed by atoms with Gasteiger partial charge < -0.3 is 4.90 Å². The SMILES string of the molecule is C=C1N(C)c2ccccc2N1c1ccc(C(/C=C\C)=NC)cc1. The lowest BCUT2D eigenvalue weighted by Crippen LogP contribution is -2.20. The minimum atomic E-state index is 0.955. The van der Waals surface area contributed by atoms with Crippen LogP contribution in [0.15, 0.2) is 78.1 Å². The van der Waals surface area contributed by atoms with E-state index in [2.05, 4.69) is 69.9 Å². The summed E-state index contributed by atoms with van der Waals surface area (Å²) in [5, 5.41) is 0. The second-order valence-electron chi connectivity index (χ2n) is 5.46. The third kappa shape index (κ3) is 2.55. The Bertz CT molecular complexity index is 785. The molecule has 0 aliphatic carbocycles. The van der Waals surface area contributed by atoms with E-state index in [0.717, 1.165) is 28.5 Å². The van der Waals surface area contributed by atoms with Crippen LogP contribution in [0, 0.1) is 0 Å². The molecule has 0 saturated heterocycles. The maximum atomic E-state index is 4.33. The number of aliphatic imine (C=N–C) groups is 1. The van der Waals surface area contributed by atoms with Gasteiger partial charge in [0, 0.05) is 19.8 Å². The van der Waals surface area contributed by atoms with Crippen molar-refractivity contribution in [3.05, 3.63) is 78.6 Å². The monoisotopic (exact) mass is 303 g/mol. The molecule has 0 unspecified atom stereocenters. The van der Waals surface area contributed by atoms with Crippen molar-refractivity contribution in [2.75, 3.05) is 23.9 Å². The Balaban J connectivity index is 1.99. The molecule has 0 N–H and O–H groups in total. The highest BCUT2D eigenvalue weighted by Gasteiger charge is 2.27. The zero-order chi connectivity index (χ0) is 16.4. The Kier molecular flexibility index (Phi) is 4.02. The number of para-hydroxylation sites is 2. The molecular formula is C20H21N3. The van der Waals surface area contributed by atoms with Gasteiger partial charge >= 0.3 is 0 Å². The summed E-state index contributed by atoms with van der Waals surface area (Å²) >= 11 is 0. The first-order chi connectivity index (χ1) is 11.2. The smallest absolute Gasteiger partial charge is 0.110 e. The van der Waals surface area contributed by atoms with Crippen LogP contribution in [0.4, 0.5) is 17.1 Å². The van der Waals surface area contributed by atoms with E-state index in [9.17, 15) is 0 Å². The zero-order valence-corrected chi connectivity index (χ0v) is 13.8. The molecule has 1 aliphatic heterocycles. The lowest BCUT2D eigenvalue weighted by Gasteiger charge is -2.22. The van der Waals surface area contributed by atoms with Crippen LogP contribution < -0.4 is 9.80 Å². The number of benzene rings is 2. The Morgan fingerprint density at radius 1 is 1.04 bits per heavy atom. The molecule has 2 aromatic rings. The summed E-state index contributed by atoms with van der Waals surface area (Å²) in [6.45, 7) is 6.23. The normalized spacial score (nSPS) is 14.7. The molecule has 0 spiro atoms. The highest BCUT2D eigenvalue weighted by Crippen LogP contribution is 2.44. The highest BCUT2D eigenvalue weighted by atomic mass is 15.4. The summed E-state index contributed by atoms with van der Waals surface area (Å²) in [5.74, 6) is 0.955. The molecule has 3 heteroatoms. The number of rotatable bonds is 3. The molecule has 116 valence electrons. The third-order valence-electron chi connectivity index (χ3n) is 4.12. The van der Waals surface area contributed by atoms with Crippen LogP contribution in [0.2, 0.25) is 0 Å². The van der Waals surface area contributed by atoms with Crippen molar-refractivity contribution < 1.29 is 0 Å². The van der Waals surface area contributed by atoms with Gasteiger partial charge in [-0.25, -0.2) is 0 Å². The maximum absolute atomic E-state index is 4.33. The molecule has 0 amide bonds. The average Bonchev–Trinajstić information content (AvgIpc) is 2.85. The van der Waals surface area contributed by atoms with Crippen LogP contribution in [-0.4, -0.2) is 19.8 Å². The predicted molar refractivity (Wildman–Crippen MR) is 99.8 cm³/mol. The standard InChI is InChI=1S/C20H21N3/c1-5-8-18(21-3)16-11-13-17(14-12-16)23-15(2)22(4)19-9-6-7-10-20(19)23/h5-14H,2H2,1,3-4H3/b8-5-,21-18?. The van der Waals surface area contributed by atoms with Gasteiger partial charge in [0.05, 0.1) is 17.1 Å². The van der Waals surface area contributed by atoms with E-state index < -0.39 is 0 Å². The summed E-state index contributed by atoms with van der Waals surface area (Å²) in [4.78, 5) is 8.62. The lowest BCUT2D eigenvalue weighted by molar-refractivity contribution is 1.09. The Morgan fingerprint density at radius 2 is 1.70 bits per heavy atom. The first-order valence-corrected chi connectivity index (χ1v) is 7.69. The summed E-state index contributed by atoms with van der Waals surface area (Å²) in [6.07, 6.45) is 4.02. The second-order valence-corrected chi connectivity index (χ2v) is 5.46. The van der Waals surface area contributed by atoms with E-state index in [1.807, 2.05) is 33.2 Å². The Labute approximate surface area is 137 Å². The zero-order valence-electron chi connectivity index (χ0n) is 13.8. The molecule has 3 nitrogen and oxygen atoms in total. The van der Waals surface area contributed by atoms with Crippen molar-refractivity contribution in [2.45, 2.75) is 6.92 Å². The molecule has 0 radical (unpaired) electrons. The number of anilines is 3. The van der Waals surface area contributed by atoms with Gasteiger partial charge in [-0.15, -0.1) is 0 Å². The third-order valence-corrected chi connectivity index (χ3v) is 4.12. The summed E-state index contributed by atoms with van der Waals surface area (Å²) in [6, 6.07) is 16.8. The molecule has 1 aliphatic rings. The van der Waals surface area contributed by atoms with Gasteiger partial charge in [-0.1, -0.05) is 36.9 Å². The van der Waals surface area contributed by atoms with Crippen LogP contribution in [0.5, 0.6) is 0 Å². The summed E-state index contributed by atoms with van der Waals surface area (Å²) in [5.41, 5.74) is 5.53. The quantitative estimate of drug-likeness (QED) is 0.763. The second kappa shape index (κ2) is 6.13. The molecule has 0 aromatic heterocycles. The number of hydrogen-bond acceptors (Lipinski definition) is 3. The first-order valence-electron chi connectivity index (χ1n) is 7.69. The minimum absolute atomic E-state index is 0.955. The van der Waals surface area contributed by atoms with Crippen molar-refractivity contribution in [1.82, 2.24) is 0 Å². The van der Waals surface area contributed by atoms with Crippen LogP contribution in [0.3, 0.4) is 0 Å². The van der Waals surface area contributed by atoms with Gasteiger partial charge in [-0.3, -0.25) is 9.89 Å². The van der Waals surface area contributed by atoms with E-state index >= 15 is 0 Å². The fourth-order valence-electron chi connectivity index (χ4n) is 2.89. The lowest BCUT2D eigenvalue weighted by atomic mass is 10.1. The molecule has 1 heterocycles. The molecule has 0 bridgehead atoms. The van der Waals surface area contributed by atoms with E-state index in [1.54, 1.807) is 0 Å². The maximum Gasteiger partial charge on any atom is 0.110 e. The van der Waals surface area contributed by atoms with Crippen molar-refractivity contribution in [3.8, 4) is 0 Å². The van der Waals surface area contributed by atoms with Gasteiger partial charge in [0.15, 0.2) is 0 Å². The number of nitrogens with zero attached hydrogens (tertiary/aromatic N) is 3. The topological polar surface area (TPSA) is 18.8 Å². The molecular weight excluding hydrogens is 282 g/mol. The van der Waals surface area contributed by atoms with Crippen LogP contribution >= 0.6 is 0 Å². The molecule has 3 rings (SSSR count). The van der Waals surface area contributed by atoms with Crippen molar-refractivity contribution >= 4 is 22.8 Å². The van der Waals surface area contributed by atoms with Crippen LogP contribution in [0.1, 0.15) is 12.5 Å². The van der Waals surface area contributed by atoms with E-state index in [0.29, 0.717) is 0 Å². The van der Waals surface area contributed by atoms with Crippen LogP contribution in [0.25, 0.3) is 0 Å². The van der Waals surface area contributed by atoms with Crippen molar-refractivity contribution in [2.24, 2.45) is 4.99 Å². The molecule has 2 aromatic carbocycles. The minimum Gasteiger partial charge on any atom is -0.329 e. The Morgan fingerprint density at radius 3 is 2.30 bits per heavy atom. The predicted octanol–water partition coefficient (Wildman–Crippen LogP) is 4.74. The molecule has 0 atom stereocenters. The number of fused-ring (bicyclic) bond motifs is 1. The molecule has 0 saturated carbocycles. The van der Waals surface area contributed by atoms with Gasteiger partial charge in [-0.2, -0.15) is 0 Å². The number of allylic oxidation sites excluding steroid dienone is 2. The number of hydrogen-bond donors (Lipinski definition) is 0. The van der Waals surface area contributed by atoms with Gasteiger partial charge in [-0.05, 0) is 42.8 Å². The van der Waals surface area contributed by atoms with Gasteiger partial charge in [0.2, 0.25) is 0 Å². The van der Waals surface area contributed by atoms with Gasteiger partial charge in [0.1, 0.15) is 5.82 Å². The Hall–Kier alpha value is -2.81. The average molecular weight is 303 g/mol. The first kappa shape index (κ1) is 15.1. The largest absolute Gasteiger partial charge is 0.329 e.